The quantitative estimate of drug-likeness (QED) is 0.420. The lowest BCUT2D eigenvalue weighted by Crippen LogP contribution is -2.23. The Kier molecular flexibility index (Phi) is 4.77. The van der Waals surface area contributed by atoms with E-state index < -0.39 is 11.6 Å². The van der Waals surface area contributed by atoms with Gasteiger partial charge in [-0.1, -0.05) is 42.5 Å². The number of nitrogens with zero attached hydrogens (tertiary/aromatic N) is 1. The largest absolute Gasteiger partial charge is 0.331 e. The minimum Gasteiger partial charge on any atom is -0.331 e. The summed E-state index contributed by atoms with van der Waals surface area (Å²) in [4.78, 5) is 0. The summed E-state index contributed by atoms with van der Waals surface area (Å²) in [6.07, 6.45) is 1.36. The lowest BCUT2D eigenvalue weighted by molar-refractivity contribution is 0.508. The Bertz CT molecular complexity index is 920. The smallest absolute Gasteiger partial charge is 0.191 e. The van der Waals surface area contributed by atoms with Gasteiger partial charge in [-0.2, -0.15) is 5.10 Å². The standard InChI is InChI=1S/C18H13F2N3S/c19-15-9-8-12(10-16(15)20)11-21-23-18(24)22-17-7-3-5-13-4-1-2-6-14(13)17/h1-11H,(H2,22,23,24)/b21-11+. The minimum atomic E-state index is -0.921. The molecule has 0 unspecified atom stereocenters. The van der Waals surface area contributed by atoms with Gasteiger partial charge in [-0.25, -0.2) is 8.78 Å². The number of anilines is 1. The predicted molar refractivity (Wildman–Crippen MR) is 97.3 cm³/mol. The Morgan fingerprint density at radius 3 is 2.58 bits per heavy atom. The summed E-state index contributed by atoms with van der Waals surface area (Å²) in [6, 6.07) is 17.3. The SMILES string of the molecule is Fc1ccc(/C=N/NC(=S)Nc2cccc3ccccc23)cc1F. The molecule has 0 saturated heterocycles. The summed E-state index contributed by atoms with van der Waals surface area (Å²) in [5.74, 6) is -1.82. The van der Waals surface area contributed by atoms with Gasteiger partial charge >= 0.3 is 0 Å². The summed E-state index contributed by atoms with van der Waals surface area (Å²) in [5, 5.41) is 9.41. The number of thiocarbonyl (C=S) groups is 1. The topological polar surface area (TPSA) is 36.4 Å². The molecule has 0 aromatic heterocycles. The van der Waals surface area contributed by atoms with Crippen molar-refractivity contribution in [3.63, 3.8) is 0 Å². The molecule has 2 N–H and O–H groups in total. The van der Waals surface area contributed by atoms with Crippen LogP contribution in [0.2, 0.25) is 0 Å². The van der Waals surface area contributed by atoms with Crippen LogP contribution in [0.25, 0.3) is 10.8 Å². The number of hydrogen-bond donors (Lipinski definition) is 2. The van der Waals surface area contributed by atoms with E-state index in [4.69, 9.17) is 12.2 Å². The molecule has 0 heterocycles. The highest BCUT2D eigenvalue weighted by Gasteiger charge is 2.02. The maximum Gasteiger partial charge on any atom is 0.191 e. The van der Waals surface area contributed by atoms with Gasteiger partial charge in [0.25, 0.3) is 0 Å². The fraction of sp³-hybridized carbons (Fsp3) is 0. The summed E-state index contributed by atoms with van der Waals surface area (Å²) in [6.45, 7) is 0. The van der Waals surface area contributed by atoms with Crippen LogP contribution in [-0.4, -0.2) is 11.3 Å². The van der Waals surface area contributed by atoms with E-state index in [2.05, 4.69) is 15.8 Å². The van der Waals surface area contributed by atoms with E-state index in [-0.39, 0.29) is 0 Å². The molecule has 0 spiro atoms. The van der Waals surface area contributed by atoms with E-state index in [1.807, 2.05) is 42.5 Å². The van der Waals surface area contributed by atoms with Crippen molar-refractivity contribution in [2.24, 2.45) is 5.10 Å². The molecule has 0 aliphatic carbocycles. The van der Waals surface area contributed by atoms with Crippen molar-refractivity contribution in [1.29, 1.82) is 0 Å². The number of hydrazone groups is 1. The van der Waals surface area contributed by atoms with Crippen molar-refractivity contribution in [3.05, 3.63) is 77.9 Å². The number of rotatable bonds is 3. The van der Waals surface area contributed by atoms with Crippen molar-refractivity contribution in [3.8, 4) is 0 Å². The molecule has 3 rings (SSSR count). The third kappa shape index (κ3) is 3.72. The minimum absolute atomic E-state index is 0.296. The zero-order valence-electron chi connectivity index (χ0n) is 12.5. The fourth-order valence-corrected chi connectivity index (χ4v) is 2.41. The molecule has 0 aliphatic heterocycles. The molecule has 24 heavy (non-hydrogen) atoms. The second kappa shape index (κ2) is 7.14. The maximum absolute atomic E-state index is 13.1. The average Bonchev–Trinajstić information content (AvgIpc) is 2.58. The van der Waals surface area contributed by atoms with Crippen molar-refractivity contribution >= 4 is 40.0 Å². The van der Waals surface area contributed by atoms with Gasteiger partial charge in [0.05, 0.1) is 6.21 Å². The molecule has 0 saturated carbocycles. The van der Waals surface area contributed by atoms with Crippen LogP contribution in [0.1, 0.15) is 5.56 Å². The van der Waals surface area contributed by atoms with Crippen LogP contribution in [0.4, 0.5) is 14.5 Å². The Morgan fingerprint density at radius 2 is 1.75 bits per heavy atom. The molecule has 0 radical (unpaired) electrons. The second-order valence-corrected chi connectivity index (χ2v) is 5.43. The van der Waals surface area contributed by atoms with Crippen molar-refractivity contribution in [2.75, 3.05) is 5.32 Å². The molecule has 0 atom stereocenters. The third-order valence-corrected chi connectivity index (χ3v) is 3.55. The van der Waals surface area contributed by atoms with E-state index in [0.717, 1.165) is 28.6 Å². The van der Waals surface area contributed by atoms with Gasteiger partial charge in [-0.05, 0) is 41.4 Å². The number of halogens is 2. The van der Waals surface area contributed by atoms with E-state index in [1.165, 1.54) is 12.3 Å². The van der Waals surface area contributed by atoms with Crippen LogP contribution in [0, 0.1) is 11.6 Å². The van der Waals surface area contributed by atoms with Gasteiger partial charge in [-0.3, -0.25) is 5.43 Å². The van der Waals surface area contributed by atoms with Gasteiger partial charge in [-0.15, -0.1) is 0 Å². The zero-order valence-corrected chi connectivity index (χ0v) is 13.3. The van der Waals surface area contributed by atoms with Gasteiger partial charge in [0, 0.05) is 11.1 Å². The maximum atomic E-state index is 13.1. The van der Waals surface area contributed by atoms with E-state index in [9.17, 15) is 8.78 Å². The molecule has 120 valence electrons. The summed E-state index contributed by atoms with van der Waals surface area (Å²) in [7, 11) is 0. The molecular formula is C18H13F2N3S. The van der Waals surface area contributed by atoms with Gasteiger partial charge in [0.2, 0.25) is 0 Å². The van der Waals surface area contributed by atoms with E-state index >= 15 is 0 Å². The van der Waals surface area contributed by atoms with Crippen LogP contribution >= 0.6 is 12.2 Å². The number of nitrogens with one attached hydrogen (secondary N) is 2. The predicted octanol–water partition coefficient (Wildman–Crippen LogP) is 4.44. The van der Waals surface area contributed by atoms with Crippen LogP contribution in [0.15, 0.2) is 65.8 Å². The van der Waals surface area contributed by atoms with Gasteiger partial charge in [0.1, 0.15) is 0 Å². The normalized spacial score (nSPS) is 10.9. The Balaban J connectivity index is 1.67. The highest BCUT2D eigenvalue weighted by atomic mass is 32.1. The first-order chi connectivity index (χ1) is 11.6. The van der Waals surface area contributed by atoms with Crippen molar-refractivity contribution in [2.45, 2.75) is 0 Å². The highest BCUT2D eigenvalue weighted by molar-refractivity contribution is 7.80. The first-order valence-corrected chi connectivity index (χ1v) is 7.57. The summed E-state index contributed by atoms with van der Waals surface area (Å²) < 4.78 is 26.0. The molecule has 3 nitrogen and oxygen atoms in total. The van der Waals surface area contributed by atoms with E-state index in [0.29, 0.717) is 10.7 Å². The first-order valence-electron chi connectivity index (χ1n) is 7.16. The average molecular weight is 341 g/mol. The van der Waals surface area contributed by atoms with Crippen molar-refractivity contribution < 1.29 is 8.78 Å². The first kappa shape index (κ1) is 16.0. The zero-order chi connectivity index (χ0) is 16.9. The molecule has 0 bridgehead atoms. The van der Waals surface area contributed by atoms with Gasteiger partial charge < -0.3 is 5.32 Å². The van der Waals surface area contributed by atoms with Crippen LogP contribution < -0.4 is 10.7 Å². The van der Waals surface area contributed by atoms with Crippen LogP contribution in [0.3, 0.4) is 0 Å². The molecule has 0 aliphatic rings. The molecule has 3 aromatic rings. The summed E-state index contributed by atoms with van der Waals surface area (Å²) in [5.41, 5.74) is 3.93. The van der Waals surface area contributed by atoms with Gasteiger partial charge in [0.15, 0.2) is 16.7 Å². The van der Waals surface area contributed by atoms with Crippen molar-refractivity contribution in [1.82, 2.24) is 5.43 Å². The molecular weight excluding hydrogens is 328 g/mol. The Labute approximate surface area is 143 Å². The fourth-order valence-electron chi connectivity index (χ4n) is 2.24. The highest BCUT2D eigenvalue weighted by Crippen LogP contribution is 2.22. The molecule has 0 fully saturated rings. The number of hydrogen-bond acceptors (Lipinski definition) is 2. The molecule has 0 amide bonds. The van der Waals surface area contributed by atoms with Crippen LogP contribution in [0.5, 0.6) is 0 Å². The van der Waals surface area contributed by atoms with E-state index in [1.54, 1.807) is 0 Å². The number of fused-ring (bicyclic) bond motifs is 1. The Morgan fingerprint density at radius 1 is 0.958 bits per heavy atom. The lowest BCUT2D eigenvalue weighted by Gasteiger charge is -2.10. The monoisotopic (exact) mass is 341 g/mol. The lowest BCUT2D eigenvalue weighted by atomic mass is 10.1. The Hall–Kier alpha value is -2.86. The van der Waals surface area contributed by atoms with Crippen LogP contribution in [-0.2, 0) is 0 Å². The summed E-state index contributed by atoms with van der Waals surface area (Å²) >= 11 is 5.19. The molecule has 3 aromatic carbocycles. The second-order valence-electron chi connectivity index (χ2n) is 5.02. The third-order valence-electron chi connectivity index (χ3n) is 3.36. The number of benzene rings is 3. The molecule has 6 heteroatoms.